The molecule has 0 aliphatic heterocycles. The molecule has 0 saturated heterocycles. The average molecular weight is 236 g/mol. The second kappa shape index (κ2) is 8.77. The monoisotopic (exact) mass is 236 g/mol. The van der Waals surface area contributed by atoms with Crippen LogP contribution in [0, 0.1) is 11.3 Å². The summed E-state index contributed by atoms with van der Waals surface area (Å²) in [6.07, 6.45) is 10.1. The van der Waals surface area contributed by atoms with Crippen LogP contribution in [0.3, 0.4) is 0 Å². The lowest BCUT2D eigenvalue weighted by Crippen LogP contribution is -2.36. The maximum atomic E-state index is 8.47. The lowest BCUT2D eigenvalue weighted by molar-refractivity contribution is -0.703. The van der Waals surface area contributed by atoms with E-state index in [2.05, 4.69) is 21.8 Å². The van der Waals surface area contributed by atoms with Gasteiger partial charge in [-0.2, -0.15) is 5.26 Å². The zero-order valence-corrected chi connectivity index (χ0v) is 10.6. The summed E-state index contributed by atoms with van der Waals surface area (Å²) in [7, 11) is 1.74. The smallest absolute Gasteiger partial charge is 0.254 e. The van der Waals surface area contributed by atoms with Crippen LogP contribution in [0.4, 0.5) is 0 Å². The lowest BCUT2D eigenvalue weighted by atomic mass is 10.2. The number of aryl methyl sites for hydroxylation is 2. The number of nitriles is 1. The maximum absolute atomic E-state index is 8.47. The van der Waals surface area contributed by atoms with Crippen LogP contribution in [0.1, 0.15) is 37.9 Å². The van der Waals surface area contributed by atoms with Gasteiger partial charge >= 0.3 is 0 Å². The average Bonchev–Trinajstić information content (AvgIpc) is 2.78. The van der Waals surface area contributed by atoms with Gasteiger partial charge in [0.05, 0.1) is 12.6 Å². The van der Waals surface area contributed by atoms with E-state index in [1.807, 2.05) is 6.20 Å². The molecule has 4 heteroatoms. The summed E-state index contributed by atoms with van der Waals surface area (Å²) in [4.78, 5) is 3.27. The Morgan fingerprint density at radius 2 is 2.24 bits per heavy atom. The standard InChI is InChI=1S/C13H21N3O/c1-17-12-6-5-10-16-11-9-15-13(16)7-3-2-4-8-14/h9,11H,2-7,10,12H2,1H3/p+1. The van der Waals surface area contributed by atoms with E-state index in [0.29, 0.717) is 6.42 Å². The molecule has 1 aromatic heterocycles. The van der Waals surface area contributed by atoms with Crippen molar-refractivity contribution in [2.75, 3.05) is 13.7 Å². The van der Waals surface area contributed by atoms with E-state index in [0.717, 1.165) is 45.3 Å². The molecule has 0 atom stereocenters. The first-order valence-corrected chi connectivity index (χ1v) is 6.30. The second-order valence-corrected chi connectivity index (χ2v) is 4.17. The van der Waals surface area contributed by atoms with E-state index in [4.69, 9.17) is 10.00 Å². The topological polar surface area (TPSA) is 52.7 Å². The molecule has 0 saturated carbocycles. The zero-order chi connectivity index (χ0) is 12.3. The third kappa shape index (κ3) is 5.50. The summed E-state index contributed by atoms with van der Waals surface area (Å²) < 4.78 is 7.30. The molecule has 17 heavy (non-hydrogen) atoms. The van der Waals surface area contributed by atoms with Crippen LogP contribution in [0.2, 0.25) is 0 Å². The SMILES string of the molecule is COCCCC[n+]1cc[nH]c1CCCCC#N. The van der Waals surface area contributed by atoms with Gasteiger partial charge in [0.15, 0.2) is 0 Å². The van der Waals surface area contributed by atoms with Crippen molar-refractivity contribution >= 4 is 0 Å². The molecule has 94 valence electrons. The number of nitrogens with one attached hydrogen (secondary N) is 1. The Kier molecular flexibility index (Phi) is 7.08. The number of hydrogen-bond donors (Lipinski definition) is 1. The van der Waals surface area contributed by atoms with Gasteiger partial charge in [0, 0.05) is 26.6 Å². The Hall–Kier alpha value is -1.34. The molecule has 0 bridgehead atoms. The Morgan fingerprint density at radius 3 is 3.00 bits per heavy atom. The van der Waals surface area contributed by atoms with Crippen LogP contribution in [-0.2, 0) is 17.7 Å². The van der Waals surface area contributed by atoms with Crippen LogP contribution in [0.5, 0.6) is 0 Å². The number of hydrogen-bond acceptors (Lipinski definition) is 2. The van der Waals surface area contributed by atoms with E-state index in [1.54, 1.807) is 7.11 Å². The summed E-state index contributed by atoms with van der Waals surface area (Å²) in [5, 5.41) is 8.47. The molecule has 0 radical (unpaired) electrons. The number of unbranched alkanes of at least 4 members (excludes halogenated alkanes) is 3. The molecular formula is C13H22N3O+. The largest absolute Gasteiger partial charge is 0.385 e. The number of aromatic amines is 1. The fourth-order valence-corrected chi connectivity index (χ4v) is 1.85. The first-order chi connectivity index (χ1) is 8.38. The Morgan fingerprint density at radius 1 is 1.35 bits per heavy atom. The van der Waals surface area contributed by atoms with Gasteiger partial charge in [0.2, 0.25) is 0 Å². The van der Waals surface area contributed by atoms with Crippen molar-refractivity contribution in [2.45, 2.75) is 45.1 Å². The van der Waals surface area contributed by atoms with Crippen molar-refractivity contribution < 1.29 is 9.30 Å². The minimum atomic E-state index is 0.661. The van der Waals surface area contributed by atoms with E-state index >= 15 is 0 Å². The second-order valence-electron chi connectivity index (χ2n) is 4.17. The molecule has 0 unspecified atom stereocenters. The minimum absolute atomic E-state index is 0.661. The van der Waals surface area contributed by atoms with Gasteiger partial charge in [-0.1, -0.05) is 0 Å². The van der Waals surface area contributed by atoms with E-state index in [-0.39, 0.29) is 0 Å². The zero-order valence-electron chi connectivity index (χ0n) is 10.6. The highest BCUT2D eigenvalue weighted by Gasteiger charge is 2.09. The maximum Gasteiger partial charge on any atom is 0.254 e. The van der Waals surface area contributed by atoms with Crippen LogP contribution < -0.4 is 4.57 Å². The van der Waals surface area contributed by atoms with Crippen molar-refractivity contribution in [1.82, 2.24) is 4.98 Å². The van der Waals surface area contributed by atoms with Gasteiger partial charge in [0.25, 0.3) is 5.82 Å². The predicted octanol–water partition coefficient (Wildman–Crippen LogP) is 1.97. The molecule has 4 nitrogen and oxygen atoms in total. The summed E-state index contributed by atoms with van der Waals surface area (Å²) in [6, 6.07) is 2.18. The van der Waals surface area contributed by atoms with Gasteiger partial charge in [-0.25, -0.2) is 9.55 Å². The highest BCUT2D eigenvalue weighted by atomic mass is 16.5. The number of nitrogens with zero attached hydrogens (tertiary/aromatic N) is 2. The Bertz CT molecular complexity index is 341. The number of aromatic nitrogens is 2. The summed E-state index contributed by atoms with van der Waals surface area (Å²) in [5.41, 5.74) is 0. The van der Waals surface area contributed by atoms with Crippen molar-refractivity contribution in [3.05, 3.63) is 18.2 Å². The van der Waals surface area contributed by atoms with Crippen LogP contribution >= 0.6 is 0 Å². The van der Waals surface area contributed by atoms with Gasteiger partial charge in [-0.15, -0.1) is 0 Å². The molecule has 1 N–H and O–H groups in total. The van der Waals surface area contributed by atoms with Crippen molar-refractivity contribution in [2.24, 2.45) is 0 Å². The van der Waals surface area contributed by atoms with Crippen molar-refractivity contribution in [3.63, 3.8) is 0 Å². The van der Waals surface area contributed by atoms with Crippen LogP contribution in [0.15, 0.2) is 12.4 Å². The molecule has 0 spiro atoms. The van der Waals surface area contributed by atoms with E-state index in [1.165, 1.54) is 5.82 Å². The van der Waals surface area contributed by atoms with Gasteiger partial charge < -0.3 is 4.74 Å². The summed E-state index contributed by atoms with van der Waals surface area (Å²) in [6.45, 7) is 1.88. The lowest BCUT2D eigenvalue weighted by Gasteiger charge is -2.01. The number of rotatable bonds is 9. The molecule has 0 aliphatic carbocycles. The van der Waals surface area contributed by atoms with Crippen LogP contribution in [-0.4, -0.2) is 18.7 Å². The van der Waals surface area contributed by atoms with Crippen LogP contribution in [0.25, 0.3) is 0 Å². The molecule has 1 aromatic rings. The summed E-state index contributed by atoms with van der Waals surface area (Å²) >= 11 is 0. The molecule has 1 rings (SSSR count). The fourth-order valence-electron chi connectivity index (χ4n) is 1.85. The van der Waals surface area contributed by atoms with E-state index in [9.17, 15) is 0 Å². The first kappa shape index (κ1) is 13.7. The van der Waals surface area contributed by atoms with Gasteiger partial charge in [-0.05, 0) is 25.7 Å². The first-order valence-electron chi connectivity index (χ1n) is 6.30. The highest BCUT2D eigenvalue weighted by Crippen LogP contribution is 2.01. The summed E-state index contributed by atoms with van der Waals surface area (Å²) in [5.74, 6) is 1.26. The van der Waals surface area contributed by atoms with Gasteiger partial charge in [-0.3, -0.25) is 0 Å². The number of ether oxygens (including phenoxy) is 1. The molecule has 1 heterocycles. The fraction of sp³-hybridized carbons (Fsp3) is 0.692. The number of H-pyrrole nitrogens is 1. The molecular weight excluding hydrogens is 214 g/mol. The molecule has 0 aliphatic rings. The third-order valence-corrected chi connectivity index (χ3v) is 2.80. The van der Waals surface area contributed by atoms with Crippen molar-refractivity contribution in [1.29, 1.82) is 5.26 Å². The molecule has 0 aromatic carbocycles. The number of imidazole rings is 1. The predicted molar refractivity (Wildman–Crippen MR) is 65.3 cm³/mol. The highest BCUT2D eigenvalue weighted by molar-refractivity contribution is 4.78. The molecule has 0 fully saturated rings. The van der Waals surface area contributed by atoms with Gasteiger partial charge in [0.1, 0.15) is 12.4 Å². The third-order valence-electron chi connectivity index (χ3n) is 2.80. The van der Waals surface area contributed by atoms with Crippen molar-refractivity contribution in [3.8, 4) is 6.07 Å². The quantitative estimate of drug-likeness (QED) is 0.526. The number of methoxy groups -OCH3 is 1. The Labute approximate surface area is 103 Å². The minimum Gasteiger partial charge on any atom is -0.385 e. The molecule has 0 amide bonds. The normalized spacial score (nSPS) is 10.4. The van der Waals surface area contributed by atoms with E-state index < -0.39 is 0 Å². The Balaban J connectivity index is 2.25.